The molecule has 1 aliphatic rings. The number of hydrogen-bond donors (Lipinski definition) is 0. The summed E-state index contributed by atoms with van der Waals surface area (Å²) < 4.78 is 5.24. The molecule has 0 aromatic heterocycles. The van der Waals surface area contributed by atoms with Gasteiger partial charge in [-0.1, -0.05) is 18.2 Å². The topological polar surface area (TPSA) is 9.23 Å². The molecule has 0 saturated carbocycles. The Kier molecular flexibility index (Phi) is 5.35. The van der Waals surface area contributed by atoms with Gasteiger partial charge in [0.2, 0.25) is 0 Å². The predicted molar refractivity (Wildman–Crippen MR) is 39.9 cm³/mol. The molecule has 1 nitrogen and oxygen atoms in total. The summed E-state index contributed by atoms with van der Waals surface area (Å²) in [6.07, 6.45) is 4.75. The van der Waals surface area contributed by atoms with E-state index in [0.717, 1.165) is 12.2 Å². The normalized spacial score (nSPS) is 11.7. The standard InChI is InChI=1S/C9H8O.Fe.Mn/c1-2-6-9-8(4-1)5-3-7-10-9;;/h1-4,6-7H,5H2;;. The second kappa shape index (κ2) is 5.45. The average molecular weight is 243 g/mol. The number of rotatable bonds is 0. The maximum atomic E-state index is 5.24. The molecule has 1 heterocycles. The molecule has 12 heavy (non-hydrogen) atoms. The third-order valence-electron chi connectivity index (χ3n) is 1.60. The van der Waals surface area contributed by atoms with Crippen molar-refractivity contribution >= 4 is 0 Å². The number of para-hydroxylation sites is 1. The van der Waals surface area contributed by atoms with Gasteiger partial charge in [-0.25, -0.2) is 0 Å². The minimum atomic E-state index is 0. The van der Waals surface area contributed by atoms with Gasteiger partial charge in [0, 0.05) is 34.1 Å². The minimum absolute atomic E-state index is 0. The van der Waals surface area contributed by atoms with Gasteiger partial charge in [0.05, 0.1) is 6.26 Å². The van der Waals surface area contributed by atoms with E-state index in [2.05, 4.69) is 6.07 Å². The Hall–Kier alpha value is -0.201. The van der Waals surface area contributed by atoms with Crippen molar-refractivity contribution in [3.63, 3.8) is 0 Å². The zero-order chi connectivity index (χ0) is 6.81. The van der Waals surface area contributed by atoms with Crippen LogP contribution in [0.25, 0.3) is 0 Å². The molecule has 0 saturated heterocycles. The molecule has 0 bridgehead atoms. The fourth-order valence-electron chi connectivity index (χ4n) is 1.08. The van der Waals surface area contributed by atoms with Gasteiger partial charge in [0.15, 0.2) is 0 Å². The summed E-state index contributed by atoms with van der Waals surface area (Å²) in [5, 5.41) is 0. The summed E-state index contributed by atoms with van der Waals surface area (Å²) in [5.74, 6) is 0.991. The Morgan fingerprint density at radius 2 is 1.92 bits per heavy atom. The van der Waals surface area contributed by atoms with Crippen molar-refractivity contribution in [3.8, 4) is 5.75 Å². The Morgan fingerprint density at radius 1 is 1.17 bits per heavy atom. The molecule has 0 fully saturated rings. The smallest absolute Gasteiger partial charge is 0.130 e. The molecule has 0 N–H and O–H groups in total. The molecule has 0 spiro atoms. The number of benzene rings is 1. The number of allylic oxidation sites excluding steroid dienone is 1. The van der Waals surface area contributed by atoms with Gasteiger partial charge in [-0.3, -0.25) is 0 Å². The van der Waals surface area contributed by atoms with Crippen molar-refractivity contribution < 1.29 is 38.9 Å². The van der Waals surface area contributed by atoms with Crippen molar-refractivity contribution in [1.29, 1.82) is 0 Å². The van der Waals surface area contributed by atoms with Crippen molar-refractivity contribution in [1.82, 2.24) is 0 Å². The van der Waals surface area contributed by atoms with E-state index in [-0.39, 0.29) is 34.1 Å². The van der Waals surface area contributed by atoms with Crippen LogP contribution in [0.1, 0.15) is 5.56 Å². The van der Waals surface area contributed by atoms with Crippen LogP contribution >= 0.6 is 0 Å². The van der Waals surface area contributed by atoms with Gasteiger partial charge in [0.1, 0.15) is 5.75 Å². The number of fused-ring (bicyclic) bond motifs is 1. The van der Waals surface area contributed by atoms with Crippen LogP contribution in [-0.2, 0) is 40.6 Å². The quantitative estimate of drug-likeness (QED) is 0.634. The second-order valence-corrected chi connectivity index (χ2v) is 2.30. The first-order valence-electron chi connectivity index (χ1n) is 3.36. The van der Waals surface area contributed by atoms with E-state index in [4.69, 9.17) is 4.74 Å². The zero-order valence-corrected chi connectivity index (χ0v) is 8.60. The fourth-order valence-corrected chi connectivity index (χ4v) is 1.08. The Bertz CT molecular complexity index is 246. The molecule has 0 amide bonds. The molecule has 1 aliphatic heterocycles. The van der Waals surface area contributed by atoms with Crippen LogP contribution in [0, 0.1) is 0 Å². The van der Waals surface area contributed by atoms with E-state index in [1.165, 1.54) is 5.56 Å². The molecule has 3 heteroatoms. The van der Waals surface area contributed by atoms with Crippen molar-refractivity contribution in [3.05, 3.63) is 42.2 Å². The van der Waals surface area contributed by atoms with Crippen LogP contribution in [0.2, 0.25) is 0 Å². The molecular formula is C9H8FeMnO. The van der Waals surface area contributed by atoms with Crippen molar-refractivity contribution in [2.45, 2.75) is 6.42 Å². The molecule has 65 valence electrons. The minimum Gasteiger partial charge on any atom is -0.465 e. The molecule has 1 aromatic rings. The number of ether oxygens (including phenoxy) is 1. The predicted octanol–water partition coefficient (Wildman–Crippen LogP) is 2.13. The van der Waals surface area contributed by atoms with Gasteiger partial charge in [-0.15, -0.1) is 0 Å². The van der Waals surface area contributed by atoms with E-state index >= 15 is 0 Å². The molecule has 0 aliphatic carbocycles. The van der Waals surface area contributed by atoms with E-state index in [0.29, 0.717) is 0 Å². The first-order valence-corrected chi connectivity index (χ1v) is 3.36. The van der Waals surface area contributed by atoms with E-state index in [1.807, 2.05) is 24.3 Å². The van der Waals surface area contributed by atoms with Crippen LogP contribution in [0.3, 0.4) is 0 Å². The van der Waals surface area contributed by atoms with E-state index < -0.39 is 0 Å². The van der Waals surface area contributed by atoms with Gasteiger partial charge in [0.25, 0.3) is 0 Å². The molecule has 0 atom stereocenters. The average Bonchev–Trinajstić information content (AvgIpc) is 2.05. The monoisotopic (exact) mass is 243 g/mol. The second-order valence-electron chi connectivity index (χ2n) is 2.30. The van der Waals surface area contributed by atoms with Gasteiger partial charge in [-0.2, -0.15) is 0 Å². The van der Waals surface area contributed by atoms with Crippen LogP contribution in [0.5, 0.6) is 5.75 Å². The van der Waals surface area contributed by atoms with Gasteiger partial charge >= 0.3 is 0 Å². The first-order chi connectivity index (χ1) is 4.97. The SMILES string of the molecule is C1=COc2ccccc2C1.[Fe].[Mn]. The summed E-state index contributed by atoms with van der Waals surface area (Å²) in [6.45, 7) is 0. The summed E-state index contributed by atoms with van der Waals surface area (Å²) >= 11 is 0. The molecule has 1 aromatic carbocycles. The summed E-state index contributed by atoms with van der Waals surface area (Å²) in [7, 11) is 0. The molecule has 1 radical (unpaired) electrons. The summed E-state index contributed by atoms with van der Waals surface area (Å²) in [4.78, 5) is 0. The van der Waals surface area contributed by atoms with Crippen molar-refractivity contribution in [2.75, 3.05) is 0 Å². The molecule has 0 unspecified atom stereocenters. The van der Waals surface area contributed by atoms with Crippen LogP contribution in [0.15, 0.2) is 36.6 Å². The largest absolute Gasteiger partial charge is 0.465 e. The van der Waals surface area contributed by atoms with Crippen LogP contribution in [0.4, 0.5) is 0 Å². The first kappa shape index (κ1) is 11.8. The maximum Gasteiger partial charge on any atom is 0.130 e. The van der Waals surface area contributed by atoms with E-state index in [9.17, 15) is 0 Å². The van der Waals surface area contributed by atoms with Gasteiger partial charge in [-0.05, 0) is 24.1 Å². The Balaban J connectivity index is 0.000000605. The number of hydrogen-bond acceptors (Lipinski definition) is 1. The molecular weight excluding hydrogens is 235 g/mol. The summed E-state index contributed by atoms with van der Waals surface area (Å²) in [6, 6.07) is 8.08. The Labute approximate surface area is 93.1 Å². The third-order valence-corrected chi connectivity index (χ3v) is 1.60. The zero-order valence-electron chi connectivity index (χ0n) is 6.31. The molecule has 2 rings (SSSR count). The van der Waals surface area contributed by atoms with E-state index in [1.54, 1.807) is 6.26 Å². The fraction of sp³-hybridized carbons (Fsp3) is 0.111. The van der Waals surface area contributed by atoms with Crippen LogP contribution < -0.4 is 4.74 Å². The van der Waals surface area contributed by atoms with Gasteiger partial charge < -0.3 is 4.74 Å². The van der Waals surface area contributed by atoms with Crippen molar-refractivity contribution in [2.24, 2.45) is 0 Å². The summed E-state index contributed by atoms with van der Waals surface area (Å²) in [5.41, 5.74) is 1.27. The Morgan fingerprint density at radius 3 is 2.67 bits per heavy atom. The third kappa shape index (κ3) is 2.39. The maximum absolute atomic E-state index is 5.24. The van der Waals surface area contributed by atoms with Crippen LogP contribution in [-0.4, -0.2) is 0 Å².